The highest BCUT2D eigenvalue weighted by Crippen LogP contribution is 2.31. The first kappa shape index (κ1) is 22.2. The van der Waals surface area contributed by atoms with Gasteiger partial charge >= 0.3 is 0 Å². The molecule has 5 nitrogen and oxygen atoms in total. The van der Waals surface area contributed by atoms with Gasteiger partial charge < -0.3 is 9.73 Å². The zero-order valence-corrected chi connectivity index (χ0v) is 19.8. The third-order valence-corrected chi connectivity index (χ3v) is 7.13. The van der Waals surface area contributed by atoms with E-state index in [1.165, 1.54) is 11.1 Å². The first-order valence-corrected chi connectivity index (χ1v) is 12.3. The highest BCUT2D eigenvalue weighted by atomic mass is 35.5. The van der Waals surface area contributed by atoms with Crippen LogP contribution in [-0.2, 0) is 17.8 Å². The quantitative estimate of drug-likeness (QED) is 0.526. The van der Waals surface area contributed by atoms with Crippen LogP contribution in [-0.4, -0.2) is 28.9 Å². The zero-order chi connectivity index (χ0) is 22.8. The van der Waals surface area contributed by atoms with Gasteiger partial charge in [-0.1, -0.05) is 41.9 Å². The summed E-state index contributed by atoms with van der Waals surface area (Å²) in [6, 6.07) is 16.2. The topological polar surface area (TPSA) is 58.4 Å². The van der Waals surface area contributed by atoms with Crippen molar-refractivity contribution in [2.75, 3.05) is 13.1 Å². The number of fused-ring (bicyclic) bond motifs is 1. The summed E-state index contributed by atoms with van der Waals surface area (Å²) in [5, 5.41) is 4.02. The molecule has 1 amide bonds. The Labute approximate surface area is 200 Å². The van der Waals surface area contributed by atoms with Crippen LogP contribution in [0.4, 0.5) is 0 Å². The molecule has 2 aliphatic rings. The van der Waals surface area contributed by atoms with Gasteiger partial charge in [-0.25, -0.2) is 4.98 Å². The van der Waals surface area contributed by atoms with Gasteiger partial charge in [-0.2, -0.15) is 0 Å². The van der Waals surface area contributed by atoms with Crippen molar-refractivity contribution in [1.29, 1.82) is 0 Å². The lowest BCUT2D eigenvalue weighted by atomic mass is 9.87. The van der Waals surface area contributed by atoms with Crippen molar-refractivity contribution in [3.63, 3.8) is 0 Å². The molecule has 0 unspecified atom stereocenters. The molecule has 1 aromatic heterocycles. The molecule has 0 spiro atoms. The molecule has 0 saturated carbocycles. The van der Waals surface area contributed by atoms with Gasteiger partial charge in [-0.15, -0.1) is 0 Å². The number of hydrogen-bond acceptors (Lipinski definition) is 4. The monoisotopic (exact) mass is 463 g/mol. The summed E-state index contributed by atoms with van der Waals surface area (Å²) in [4.78, 5) is 20.2. The molecule has 172 valence electrons. The summed E-state index contributed by atoms with van der Waals surface area (Å²) in [6.45, 7) is 4.35. The molecule has 2 atom stereocenters. The Morgan fingerprint density at radius 2 is 2.06 bits per heavy atom. The molecule has 1 N–H and O–H groups in total. The van der Waals surface area contributed by atoms with E-state index < -0.39 is 0 Å². The molecule has 0 radical (unpaired) electrons. The number of nitrogens with one attached hydrogen (secondary N) is 1. The van der Waals surface area contributed by atoms with E-state index in [1.807, 2.05) is 31.2 Å². The molecule has 1 aliphatic heterocycles. The first-order valence-electron chi connectivity index (χ1n) is 11.9. The lowest BCUT2D eigenvalue weighted by molar-refractivity contribution is -0.127. The predicted octanol–water partition coefficient (Wildman–Crippen LogP) is 5.71. The number of aromatic nitrogens is 1. The van der Waals surface area contributed by atoms with Gasteiger partial charge in [0.2, 0.25) is 11.8 Å². The molecule has 3 aromatic rings. The van der Waals surface area contributed by atoms with Crippen LogP contribution in [0.25, 0.3) is 11.5 Å². The number of carbonyl (C=O) groups is 1. The second-order valence-electron chi connectivity index (χ2n) is 9.26. The van der Waals surface area contributed by atoms with E-state index in [4.69, 9.17) is 21.0 Å². The fraction of sp³-hybridized carbons (Fsp3) is 0.407. The van der Waals surface area contributed by atoms with E-state index in [-0.39, 0.29) is 17.9 Å². The number of likely N-dealkylation sites (tertiary alicyclic amines) is 1. The Bertz CT molecular complexity index is 1140. The predicted molar refractivity (Wildman–Crippen MR) is 130 cm³/mol. The lowest BCUT2D eigenvalue weighted by Crippen LogP contribution is -2.44. The number of piperidine rings is 1. The molecule has 6 heteroatoms. The number of halogens is 1. The highest BCUT2D eigenvalue weighted by Gasteiger charge is 2.29. The van der Waals surface area contributed by atoms with Crippen molar-refractivity contribution in [2.24, 2.45) is 5.92 Å². The van der Waals surface area contributed by atoms with Crippen molar-refractivity contribution in [3.05, 3.63) is 76.1 Å². The Kier molecular flexibility index (Phi) is 6.52. The number of rotatable bonds is 5. The van der Waals surface area contributed by atoms with Crippen molar-refractivity contribution >= 4 is 17.5 Å². The molecule has 1 aliphatic carbocycles. The van der Waals surface area contributed by atoms with Crippen LogP contribution in [0, 0.1) is 12.8 Å². The normalized spacial score (nSPS) is 20.9. The Hall–Kier alpha value is -2.63. The number of benzene rings is 2. The van der Waals surface area contributed by atoms with Crippen LogP contribution in [0.2, 0.25) is 5.02 Å². The van der Waals surface area contributed by atoms with Crippen LogP contribution < -0.4 is 5.32 Å². The molecular weight excluding hydrogens is 434 g/mol. The minimum absolute atomic E-state index is 0.00689. The Balaban J connectivity index is 1.23. The van der Waals surface area contributed by atoms with Crippen LogP contribution in [0.15, 0.2) is 52.9 Å². The fourth-order valence-corrected chi connectivity index (χ4v) is 5.33. The largest absolute Gasteiger partial charge is 0.441 e. The zero-order valence-electron chi connectivity index (χ0n) is 19.0. The highest BCUT2D eigenvalue weighted by molar-refractivity contribution is 6.30. The SMILES string of the molecule is Cc1oc(-c2cccc(Cl)c2)nc1CN1CCC[C@@H](C(=O)N[C@@H]2CCCc3ccccc32)C1. The third-order valence-electron chi connectivity index (χ3n) is 6.90. The number of aryl methyl sites for hydroxylation is 2. The van der Waals surface area contributed by atoms with E-state index in [2.05, 4.69) is 34.5 Å². The number of nitrogens with zero attached hydrogens (tertiary/aromatic N) is 2. The van der Waals surface area contributed by atoms with Crippen LogP contribution in [0.5, 0.6) is 0 Å². The van der Waals surface area contributed by atoms with E-state index in [0.717, 1.165) is 62.2 Å². The summed E-state index contributed by atoms with van der Waals surface area (Å²) in [5.74, 6) is 1.59. The standard InChI is InChI=1S/C27H30ClN3O2/c1-18-25(30-27(33-18)20-9-4-11-22(28)15-20)17-31-14-6-10-21(16-31)26(32)29-24-13-5-8-19-7-2-3-12-23(19)24/h2-4,7,9,11-12,15,21,24H,5-6,8,10,13-14,16-17H2,1H3,(H,29,32)/t21-,24-/m1/s1. The summed E-state index contributed by atoms with van der Waals surface area (Å²) >= 11 is 6.12. The third kappa shape index (κ3) is 4.99. The molecule has 0 bridgehead atoms. The molecule has 1 saturated heterocycles. The molecule has 2 aromatic carbocycles. The van der Waals surface area contributed by atoms with Gasteiger partial charge in [0.1, 0.15) is 5.76 Å². The Morgan fingerprint density at radius 1 is 1.18 bits per heavy atom. The van der Waals surface area contributed by atoms with Crippen molar-refractivity contribution in [1.82, 2.24) is 15.2 Å². The summed E-state index contributed by atoms with van der Waals surface area (Å²) in [7, 11) is 0. The lowest BCUT2D eigenvalue weighted by Gasteiger charge is -2.33. The fourth-order valence-electron chi connectivity index (χ4n) is 5.14. The smallest absolute Gasteiger partial charge is 0.226 e. The second-order valence-corrected chi connectivity index (χ2v) is 9.70. The molecular formula is C27H30ClN3O2. The minimum atomic E-state index is 0.00689. The number of carbonyl (C=O) groups excluding carboxylic acids is 1. The van der Waals surface area contributed by atoms with Crippen LogP contribution >= 0.6 is 11.6 Å². The van der Waals surface area contributed by atoms with Gasteiger partial charge in [-0.3, -0.25) is 9.69 Å². The number of oxazole rings is 1. The van der Waals surface area contributed by atoms with Gasteiger partial charge in [-0.05, 0) is 74.9 Å². The average molecular weight is 464 g/mol. The molecule has 33 heavy (non-hydrogen) atoms. The first-order chi connectivity index (χ1) is 16.1. The van der Waals surface area contributed by atoms with Gasteiger partial charge in [0.15, 0.2) is 0 Å². The minimum Gasteiger partial charge on any atom is -0.441 e. The van der Waals surface area contributed by atoms with E-state index in [9.17, 15) is 4.79 Å². The maximum atomic E-state index is 13.2. The van der Waals surface area contributed by atoms with E-state index in [0.29, 0.717) is 17.5 Å². The van der Waals surface area contributed by atoms with E-state index >= 15 is 0 Å². The molecule has 1 fully saturated rings. The second kappa shape index (κ2) is 9.70. The van der Waals surface area contributed by atoms with Crippen molar-refractivity contribution in [2.45, 2.75) is 51.6 Å². The number of amides is 1. The van der Waals surface area contributed by atoms with E-state index in [1.54, 1.807) is 0 Å². The summed E-state index contributed by atoms with van der Waals surface area (Å²) < 4.78 is 5.93. The molecule has 5 rings (SSSR count). The number of hydrogen-bond donors (Lipinski definition) is 1. The van der Waals surface area contributed by atoms with Gasteiger partial charge in [0, 0.05) is 23.7 Å². The average Bonchev–Trinajstić information content (AvgIpc) is 3.19. The van der Waals surface area contributed by atoms with Crippen molar-refractivity contribution < 1.29 is 9.21 Å². The maximum Gasteiger partial charge on any atom is 0.226 e. The maximum absolute atomic E-state index is 13.2. The van der Waals surface area contributed by atoms with Gasteiger partial charge in [0.05, 0.1) is 17.7 Å². The van der Waals surface area contributed by atoms with Crippen molar-refractivity contribution in [3.8, 4) is 11.5 Å². The Morgan fingerprint density at radius 3 is 2.94 bits per heavy atom. The molecule has 2 heterocycles. The summed E-state index contributed by atoms with van der Waals surface area (Å²) in [5.41, 5.74) is 4.46. The van der Waals surface area contributed by atoms with Crippen LogP contribution in [0.3, 0.4) is 0 Å². The summed E-state index contributed by atoms with van der Waals surface area (Å²) in [6.07, 6.45) is 5.19. The van der Waals surface area contributed by atoms with Crippen LogP contribution in [0.1, 0.15) is 54.3 Å². The van der Waals surface area contributed by atoms with Gasteiger partial charge in [0.25, 0.3) is 0 Å².